The molecule has 2 rings (SSSR count). The van der Waals surface area contributed by atoms with E-state index < -0.39 is 10.0 Å². The summed E-state index contributed by atoms with van der Waals surface area (Å²) in [6.45, 7) is 7.35. The molecule has 3 nitrogen and oxygen atoms in total. The van der Waals surface area contributed by atoms with Crippen molar-refractivity contribution < 1.29 is 8.42 Å². The summed E-state index contributed by atoms with van der Waals surface area (Å²) in [6, 6.07) is 12.4. The van der Waals surface area contributed by atoms with Crippen LogP contribution < -0.4 is 4.31 Å². The summed E-state index contributed by atoms with van der Waals surface area (Å²) in [4.78, 5) is 0.238. The first-order valence-corrected chi connectivity index (χ1v) is 9.11. The van der Waals surface area contributed by atoms with Gasteiger partial charge in [0.25, 0.3) is 10.0 Å². The molecule has 0 saturated heterocycles. The summed E-state index contributed by atoms with van der Waals surface area (Å²) in [5.41, 5.74) is 5.16. The van der Waals surface area contributed by atoms with Crippen LogP contribution in [0.3, 0.4) is 0 Å². The topological polar surface area (TPSA) is 37.4 Å². The maximum atomic E-state index is 12.9. The summed E-state index contributed by atoms with van der Waals surface area (Å²) in [5.74, 6) is 0. The minimum atomic E-state index is -3.70. The standard InChI is InChI=1S/C17H16INO2S/c1-4-11-19(17-12-14(3)7-10-16(17)18)22(20,21)15-8-5-13(2)6-9-15/h5-12H,1H2,2-3H3. The average Bonchev–Trinajstić information content (AvgIpc) is 2.48. The maximum Gasteiger partial charge on any atom is 0.268 e. The van der Waals surface area contributed by atoms with Gasteiger partial charge in [-0.2, -0.15) is 0 Å². The number of aryl methyl sites for hydroxylation is 2. The van der Waals surface area contributed by atoms with Gasteiger partial charge in [-0.05, 0) is 66.3 Å². The van der Waals surface area contributed by atoms with Crippen molar-refractivity contribution in [3.8, 4) is 0 Å². The highest BCUT2D eigenvalue weighted by molar-refractivity contribution is 14.1. The minimum absolute atomic E-state index is 0.238. The predicted octanol–water partition coefficient (Wildman–Crippen LogP) is 4.40. The summed E-state index contributed by atoms with van der Waals surface area (Å²) in [5, 5.41) is 0. The fourth-order valence-corrected chi connectivity index (χ4v) is 4.06. The highest BCUT2D eigenvalue weighted by Gasteiger charge is 2.24. The summed E-state index contributed by atoms with van der Waals surface area (Å²) < 4.78 is 27.9. The van der Waals surface area contributed by atoms with E-state index in [2.05, 4.69) is 34.9 Å². The van der Waals surface area contributed by atoms with Crippen LogP contribution in [0.5, 0.6) is 0 Å². The van der Waals surface area contributed by atoms with Gasteiger partial charge in [-0.1, -0.05) is 30.3 Å². The zero-order valence-corrected chi connectivity index (χ0v) is 15.3. The van der Waals surface area contributed by atoms with Crippen LogP contribution in [0.4, 0.5) is 5.69 Å². The maximum absolute atomic E-state index is 12.9. The first kappa shape index (κ1) is 16.8. The number of hydrogen-bond donors (Lipinski definition) is 0. The van der Waals surface area contributed by atoms with Crippen molar-refractivity contribution in [2.24, 2.45) is 0 Å². The van der Waals surface area contributed by atoms with E-state index in [1.165, 1.54) is 10.5 Å². The third-order valence-corrected chi connectivity index (χ3v) is 5.73. The van der Waals surface area contributed by atoms with Gasteiger partial charge in [-0.25, -0.2) is 12.7 Å². The van der Waals surface area contributed by atoms with Crippen molar-refractivity contribution in [3.05, 3.63) is 75.7 Å². The van der Waals surface area contributed by atoms with E-state index in [0.29, 0.717) is 5.69 Å². The van der Waals surface area contributed by atoms with Gasteiger partial charge in [-0.15, -0.1) is 5.73 Å². The van der Waals surface area contributed by atoms with Gasteiger partial charge in [0.05, 0.1) is 16.8 Å². The van der Waals surface area contributed by atoms with Crippen LogP contribution in [0, 0.1) is 17.4 Å². The summed E-state index contributed by atoms with van der Waals surface area (Å²) in [7, 11) is -3.70. The lowest BCUT2D eigenvalue weighted by molar-refractivity contribution is 0.596. The van der Waals surface area contributed by atoms with Crippen LogP contribution in [0.15, 0.2) is 65.9 Å². The second kappa shape index (κ2) is 6.69. The Labute approximate surface area is 145 Å². The van der Waals surface area contributed by atoms with E-state index in [9.17, 15) is 8.42 Å². The third-order valence-electron chi connectivity index (χ3n) is 3.13. The molecule has 0 aliphatic carbocycles. The Hall–Kier alpha value is -1.56. The molecule has 22 heavy (non-hydrogen) atoms. The van der Waals surface area contributed by atoms with Crippen LogP contribution in [0.2, 0.25) is 0 Å². The van der Waals surface area contributed by atoms with E-state index in [0.717, 1.165) is 14.7 Å². The number of nitrogens with zero attached hydrogens (tertiary/aromatic N) is 1. The molecule has 0 radical (unpaired) electrons. The summed E-state index contributed by atoms with van der Waals surface area (Å²) >= 11 is 2.12. The number of rotatable bonds is 4. The molecule has 0 spiro atoms. The molecule has 0 atom stereocenters. The van der Waals surface area contributed by atoms with E-state index in [4.69, 9.17) is 0 Å². The van der Waals surface area contributed by atoms with Crippen molar-refractivity contribution in [2.75, 3.05) is 4.31 Å². The highest BCUT2D eigenvalue weighted by atomic mass is 127. The van der Waals surface area contributed by atoms with Crippen molar-refractivity contribution in [1.82, 2.24) is 0 Å². The first-order valence-electron chi connectivity index (χ1n) is 6.59. The van der Waals surface area contributed by atoms with E-state index in [-0.39, 0.29) is 4.90 Å². The predicted molar refractivity (Wildman–Crippen MR) is 98.4 cm³/mol. The Morgan fingerprint density at radius 2 is 1.68 bits per heavy atom. The SMILES string of the molecule is C=C=CN(c1cc(C)ccc1I)S(=O)(=O)c1ccc(C)cc1. The average molecular weight is 425 g/mol. The zero-order chi connectivity index (χ0) is 16.3. The second-order valence-corrected chi connectivity index (χ2v) is 7.88. The van der Waals surface area contributed by atoms with Crippen molar-refractivity contribution in [1.29, 1.82) is 0 Å². The molecule has 0 aromatic heterocycles. The molecule has 0 amide bonds. The van der Waals surface area contributed by atoms with Crippen molar-refractivity contribution in [3.63, 3.8) is 0 Å². The lowest BCUT2D eigenvalue weighted by atomic mass is 10.2. The van der Waals surface area contributed by atoms with Gasteiger partial charge < -0.3 is 0 Å². The number of anilines is 1. The van der Waals surface area contributed by atoms with Crippen molar-refractivity contribution in [2.45, 2.75) is 18.7 Å². The third kappa shape index (κ3) is 3.43. The monoisotopic (exact) mass is 425 g/mol. The van der Waals surface area contributed by atoms with E-state index in [1.54, 1.807) is 24.3 Å². The van der Waals surface area contributed by atoms with Gasteiger partial charge >= 0.3 is 0 Å². The Bertz CT molecular complexity index is 835. The van der Waals surface area contributed by atoms with E-state index in [1.807, 2.05) is 32.0 Å². The van der Waals surface area contributed by atoms with Gasteiger partial charge in [0, 0.05) is 3.57 Å². The largest absolute Gasteiger partial charge is 0.268 e. The molecule has 0 heterocycles. The molecule has 0 aliphatic rings. The molecular weight excluding hydrogens is 409 g/mol. The molecule has 0 bridgehead atoms. The Morgan fingerprint density at radius 3 is 2.27 bits per heavy atom. The Balaban J connectivity index is 2.63. The molecule has 0 unspecified atom stereocenters. The van der Waals surface area contributed by atoms with Crippen LogP contribution in [-0.4, -0.2) is 8.42 Å². The highest BCUT2D eigenvalue weighted by Crippen LogP contribution is 2.29. The van der Waals surface area contributed by atoms with Gasteiger partial charge in [-0.3, -0.25) is 0 Å². The molecule has 0 saturated carbocycles. The first-order chi connectivity index (χ1) is 10.4. The van der Waals surface area contributed by atoms with Crippen molar-refractivity contribution >= 4 is 38.3 Å². The Morgan fingerprint density at radius 1 is 1.09 bits per heavy atom. The minimum Gasteiger partial charge on any atom is -0.233 e. The molecule has 114 valence electrons. The second-order valence-electron chi connectivity index (χ2n) is 4.90. The smallest absolute Gasteiger partial charge is 0.233 e. The lowest BCUT2D eigenvalue weighted by Gasteiger charge is -2.21. The quantitative estimate of drug-likeness (QED) is 0.538. The van der Waals surface area contributed by atoms with Gasteiger partial charge in [0.2, 0.25) is 0 Å². The molecule has 2 aromatic carbocycles. The van der Waals surface area contributed by atoms with Crippen LogP contribution in [-0.2, 0) is 10.0 Å². The Kier molecular flexibility index (Phi) is 5.11. The number of benzene rings is 2. The normalized spacial score (nSPS) is 10.9. The van der Waals surface area contributed by atoms with Crippen LogP contribution in [0.25, 0.3) is 0 Å². The molecule has 0 N–H and O–H groups in total. The van der Waals surface area contributed by atoms with Gasteiger partial charge in [0.15, 0.2) is 0 Å². The molecule has 2 aromatic rings. The van der Waals surface area contributed by atoms with Crippen LogP contribution >= 0.6 is 22.6 Å². The fraction of sp³-hybridized carbons (Fsp3) is 0.118. The zero-order valence-electron chi connectivity index (χ0n) is 12.4. The number of halogens is 1. The number of sulfonamides is 1. The molecule has 0 aliphatic heterocycles. The number of hydrogen-bond acceptors (Lipinski definition) is 2. The fourth-order valence-electron chi connectivity index (χ4n) is 1.97. The molecular formula is C17H16INO2S. The molecule has 0 fully saturated rings. The van der Waals surface area contributed by atoms with E-state index >= 15 is 0 Å². The lowest BCUT2D eigenvalue weighted by Crippen LogP contribution is -2.26. The van der Waals surface area contributed by atoms with Gasteiger partial charge in [0.1, 0.15) is 0 Å². The van der Waals surface area contributed by atoms with Crippen LogP contribution in [0.1, 0.15) is 11.1 Å². The summed E-state index contributed by atoms with van der Waals surface area (Å²) in [6.07, 6.45) is 1.35. The molecule has 5 heteroatoms.